The van der Waals surface area contributed by atoms with E-state index in [2.05, 4.69) is 10.4 Å². The molecule has 0 aromatic carbocycles. The molecule has 0 aliphatic heterocycles. The number of alkyl halides is 3. The summed E-state index contributed by atoms with van der Waals surface area (Å²) in [6, 6.07) is -1.23. The summed E-state index contributed by atoms with van der Waals surface area (Å²) in [5, 5.41) is 16.1. The first-order valence-electron chi connectivity index (χ1n) is 5.31. The number of carboxylic acid groups (broad SMARTS) is 1. The molecule has 1 aromatic heterocycles. The van der Waals surface area contributed by atoms with Crippen LogP contribution in [0.25, 0.3) is 0 Å². The molecule has 0 saturated carbocycles. The number of carbonyl (C=O) groups excluding carboxylic acids is 1. The van der Waals surface area contributed by atoms with Crippen LogP contribution in [-0.2, 0) is 22.2 Å². The van der Waals surface area contributed by atoms with Crippen molar-refractivity contribution in [2.45, 2.75) is 32.0 Å². The third-order valence-corrected chi connectivity index (χ3v) is 2.38. The molecular weight excluding hydrogens is 267 g/mol. The molecule has 106 valence electrons. The van der Waals surface area contributed by atoms with Gasteiger partial charge in [-0.1, -0.05) is 0 Å². The molecule has 1 atom stereocenters. The molecule has 0 fully saturated rings. The van der Waals surface area contributed by atoms with Gasteiger partial charge >= 0.3 is 12.1 Å². The number of H-pyrrole nitrogens is 1. The van der Waals surface area contributed by atoms with Gasteiger partial charge in [-0.25, -0.2) is 4.79 Å². The third-order valence-electron chi connectivity index (χ3n) is 2.38. The van der Waals surface area contributed by atoms with Gasteiger partial charge in [0.15, 0.2) is 0 Å². The number of amides is 1. The minimum atomic E-state index is -4.57. The predicted octanol–water partition coefficient (Wildman–Crippen LogP) is 0.950. The normalized spacial score (nSPS) is 13.1. The van der Waals surface area contributed by atoms with Crippen molar-refractivity contribution in [1.29, 1.82) is 0 Å². The fourth-order valence-corrected chi connectivity index (χ4v) is 1.55. The summed E-state index contributed by atoms with van der Waals surface area (Å²) in [5.41, 5.74) is -1.14. The van der Waals surface area contributed by atoms with Crippen LogP contribution in [0.4, 0.5) is 13.2 Å². The summed E-state index contributed by atoms with van der Waals surface area (Å²) >= 11 is 0. The van der Waals surface area contributed by atoms with Crippen LogP contribution in [0.2, 0.25) is 0 Å². The Balaban J connectivity index is 2.72. The number of carboxylic acids is 1. The van der Waals surface area contributed by atoms with E-state index in [1.807, 2.05) is 5.10 Å². The number of halogens is 3. The monoisotopic (exact) mass is 279 g/mol. The molecule has 6 nitrogen and oxygen atoms in total. The van der Waals surface area contributed by atoms with Gasteiger partial charge < -0.3 is 10.4 Å². The number of nitrogens with zero attached hydrogens (tertiary/aromatic N) is 1. The Hall–Kier alpha value is -2.06. The summed E-state index contributed by atoms with van der Waals surface area (Å²) in [4.78, 5) is 21.6. The number of aromatic nitrogens is 2. The molecule has 0 radical (unpaired) electrons. The Labute approximate surface area is 106 Å². The largest absolute Gasteiger partial charge is 0.480 e. The van der Waals surface area contributed by atoms with Crippen molar-refractivity contribution in [3.8, 4) is 0 Å². The average molecular weight is 279 g/mol. The number of aryl methyl sites for hydroxylation is 1. The van der Waals surface area contributed by atoms with Crippen LogP contribution in [-0.4, -0.2) is 33.2 Å². The van der Waals surface area contributed by atoms with Crippen LogP contribution < -0.4 is 5.32 Å². The van der Waals surface area contributed by atoms with Crippen molar-refractivity contribution in [2.24, 2.45) is 0 Å². The van der Waals surface area contributed by atoms with Crippen molar-refractivity contribution in [1.82, 2.24) is 15.5 Å². The van der Waals surface area contributed by atoms with E-state index in [1.54, 1.807) is 0 Å². The number of carbonyl (C=O) groups is 2. The van der Waals surface area contributed by atoms with Gasteiger partial charge in [0.25, 0.3) is 0 Å². The Bertz CT molecular complexity index is 470. The van der Waals surface area contributed by atoms with Crippen molar-refractivity contribution in [3.05, 3.63) is 17.5 Å². The molecule has 1 aromatic rings. The lowest BCUT2D eigenvalue weighted by atomic mass is 10.1. The van der Waals surface area contributed by atoms with E-state index in [1.165, 1.54) is 0 Å². The first-order chi connectivity index (χ1) is 8.71. The van der Waals surface area contributed by atoms with Crippen molar-refractivity contribution < 1.29 is 27.9 Å². The highest BCUT2D eigenvalue weighted by molar-refractivity contribution is 5.82. The van der Waals surface area contributed by atoms with Crippen LogP contribution in [0.3, 0.4) is 0 Å². The highest BCUT2D eigenvalue weighted by atomic mass is 19.4. The smallest absolute Gasteiger partial charge is 0.433 e. The standard InChI is InChI=1S/C10H12F3N3O3/c1-5(17)15-7(9(18)19)3-2-6-4-14-16-8(6)10(11,12)13/h4,7H,2-3H2,1H3,(H,14,16)(H,15,17)(H,18,19). The number of hydrogen-bond donors (Lipinski definition) is 3. The second-order valence-electron chi connectivity index (χ2n) is 3.90. The van der Waals surface area contributed by atoms with Crippen LogP contribution >= 0.6 is 0 Å². The van der Waals surface area contributed by atoms with Gasteiger partial charge in [0.2, 0.25) is 5.91 Å². The van der Waals surface area contributed by atoms with E-state index in [4.69, 9.17) is 5.11 Å². The van der Waals surface area contributed by atoms with Crippen molar-refractivity contribution >= 4 is 11.9 Å². The van der Waals surface area contributed by atoms with Gasteiger partial charge in [-0.2, -0.15) is 18.3 Å². The number of nitrogens with one attached hydrogen (secondary N) is 2. The van der Waals surface area contributed by atoms with Gasteiger partial charge in [-0.3, -0.25) is 9.89 Å². The predicted molar refractivity (Wildman–Crippen MR) is 57.2 cm³/mol. The first-order valence-corrected chi connectivity index (χ1v) is 5.31. The first kappa shape index (κ1) is 15.0. The topological polar surface area (TPSA) is 95.1 Å². The van der Waals surface area contributed by atoms with E-state index in [-0.39, 0.29) is 18.4 Å². The summed E-state index contributed by atoms with van der Waals surface area (Å²) in [6.45, 7) is 1.13. The summed E-state index contributed by atoms with van der Waals surface area (Å²) in [7, 11) is 0. The van der Waals surface area contributed by atoms with Crippen molar-refractivity contribution in [2.75, 3.05) is 0 Å². The molecule has 0 spiro atoms. The number of aromatic amines is 1. The molecule has 0 aliphatic rings. The van der Waals surface area contributed by atoms with E-state index < -0.39 is 29.8 Å². The van der Waals surface area contributed by atoms with Crippen LogP contribution in [0.5, 0.6) is 0 Å². The van der Waals surface area contributed by atoms with Crippen molar-refractivity contribution in [3.63, 3.8) is 0 Å². The van der Waals surface area contributed by atoms with Gasteiger partial charge in [0, 0.05) is 12.5 Å². The molecule has 1 heterocycles. The summed E-state index contributed by atoms with van der Waals surface area (Å²) in [5.74, 6) is -1.86. The van der Waals surface area contributed by atoms with E-state index in [0.29, 0.717) is 0 Å². The Morgan fingerprint density at radius 2 is 2.16 bits per heavy atom. The zero-order valence-corrected chi connectivity index (χ0v) is 9.91. The molecular formula is C10H12F3N3O3. The molecule has 1 unspecified atom stereocenters. The van der Waals surface area contributed by atoms with E-state index >= 15 is 0 Å². The molecule has 1 rings (SSSR count). The lowest BCUT2D eigenvalue weighted by Crippen LogP contribution is -2.39. The Morgan fingerprint density at radius 3 is 2.63 bits per heavy atom. The maximum absolute atomic E-state index is 12.5. The molecule has 0 bridgehead atoms. The second kappa shape index (κ2) is 5.72. The molecule has 19 heavy (non-hydrogen) atoms. The maximum atomic E-state index is 12.5. The minimum Gasteiger partial charge on any atom is -0.480 e. The summed E-state index contributed by atoms with van der Waals surface area (Å²) in [6.07, 6.45) is -3.89. The second-order valence-corrected chi connectivity index (χ2v) is 3.90. The highest BCUT2D eigenvalue weighted by Crippen LogP contribution is 2.30. The van der Waals surface area contributed by atoms with Crippen LogP contribution in [0.15, 0.2) is 6.20 Å². The average Bonchev–Trinajstić information content (AvgIpc) is 2.70. The zero-order chi connectivity index (χ0) is 14.6. The lowest BCUT2D eigenvalue weighted by molar-refractivity contribution is -0.142. The van der Waals surface area contributed by atoms with Crippen LogP contribution in [0.1, 0.15) is 24.6 Å². The van der Waals surface area contributed by atoms with E-state index in [9.17, 15) is 22.8 Å². The molecule has 1 amide bonds. The number of aliphatic carboxylic acids is 1. The lowest BCUT2D eigenvalue weighted by Gasteiger charge is -2.13. The van der Waals surface area contributed by atoms with Gasteiger partial charge in [0.1, 0.15) is 11.7 Å². The fraction of sp³-hybridized carbons (Fsp3) is 0.500. The Kier molecular flexibility index (Phi) is 4.52. The van der Waals surface area contributed by atoms with Gasteiger partial charge in [-0.05, 0) is 12.8 Å². The molecule has 3 N–H and O–H groups in total. The fourth-order valence-electron chi connectivity index (χ4n) is 1.55. The molecule has 0 aliphatic carbocycles. The third kappa shape index (κ3) is 4.27. The minimum absolute atomic E-state index is 0.135. The van der Waals surface area contributed by atoms with E-state index in [0.717, 1.165) is 13.1 Å². The summed E-state index contributed by atoms with van der Waals surface area (Å²) < 4.78 is 37.6. The molecule has 0 saturated heterocycles. The van der Waals surface area contributed by atoms with Gasteiger partial charge in [0.05, 0.1) is 6.20 Å². The Morgan fingerprint density at radius 1 is 1.53 bits per heavy atom. The zero-order valence-electron chi connectivity index (χ0n) is 9.91. The maximum Gasteiger partial charge on any atom is 0.433 e. The highest BCUT2D eigenvalue weighted by Gasteiger charge is 2.35. The SMILES string of the molecule is CC(=O)NC(CCc1cn[nH]c1C(F)(F)F)C(=O)O. The van der Waals surface area contributed by atoms with Gasteiger partial charge in [-0.15, -0.1) is 0 Å². The van der Waals surface area contributed by atoms with Crippen LogP contribution in [0, 0.1) is 0 Å². The number of rotatable bonds is 5. The number of hydrogen-bond acceptors (Lipinski definition) is 3. The molecule has 9 heteroatoms. The quantitative estimate of drug-likeness (QED) is 0.747.